The molecule has 1 saturated carbocycles. The van der Waals surface area contributed by atoms with E-state index in [4.69, 9.17) is 4.74 Å². The van der Waals surface area contributed by atoms with Crippen molar-refractivity contribution in [3.63, 3.8) is 0 Å². The molecule has 1 aliphatic rings. The van der Waals surface area contributed by atoms with E-state index in [1.807, 2.05) is 66.7 Å². The molecule has 7 nitrogen and oxygen atoms in total. The van der Waals surface area contributed by atoms with Crippen molar-refractivity contribution < 1.29 is 24.2 Å². The number of hydrogen-bond acceptors (Lipinski definition) is 5. The number of unbranched alkanes of at least 4 members (excludes halogenated alkanes) is 1. The van der Waals surface area contributed by atoms with Gasteiger partial charge >= 0.3 is 5.97 Å². The maximum atomic E-state index is 13.5. The molecule has 3 atom stereocenters. The van der Waals surface area contributed by atoms with Crippen LogP contribution in [-0.4, -0.2) is 47.7 Å². The average Bonchev–Trinajstić information content (AvgIpc) is 3.48. The topological polar surface area (TPSA) is 105 Å². The molecule has 0 saturated heterocycles. The minimum Gasteiger partial charge on any atom is -0.463 e. The third-order valence-electron chi connectivity index (χ3n) is 8.24. The number of amides is 2. The molecule has 3 N–H and O–H groups in total. The second-order valence-corrected chi connectivity index (χ2v) is 11.8. The van der Waals surface area contributed by atoms with Crippen LogP contribution in [0.3, 0.4) is 0 Å². The van der Waals surface area contributed by atoms with Crippen LogP contribution in [0.5, 0.6) is 0 Å². The van der Waals surface area contributed by atoms with Crippen molar-refractivity contribution in [2.75, 3.05) is 13.2 Å². The molecule has 2 amide bonds. The van der Waals surface area contributed by atoms with Gasteiger partial charge in [-0.05, 0) is 62.5 Å². The smallest absolute Gasteiger partial charge is 0.309 e. The number of carbonyl (C=O) groups is 3. The van der Waals surface area contributed by atoms with E-state index >= 15 is 0 Å². The molecular weight excluding hydrogens is 540 g/mol. The van der Waals surface area contributed by atoms with Gasteiger partial charge in [-0.15, -0.1) is 13.2 Å². The molecule has 2 aromatic carbocycles. The highest BCUT2D eigenvalue weighted by atomic mass is 16.5. The molecule has 0 aliphatic heterocycles. The highest BCUT2D eigenvalue weighted by Crippen LogP contribution is 2.29. The Hall–Kier alpha value is -3.71. The van der Waals surface area contributed by atoms with Crippen LogP contribution in [0, 0.1) is 11.8 Å². The van der Waals surface area contributed by atoms with Gasteiger partial charge in [0.25, 0.3) is 0 Å². The number of benzene rings is 2. The van der Waals surface area contributed by atoms with Crippen LogP contribution < -0.4 is 10.6 Å². The molecular formula is C36H48N2O5. The van der Waals surface area contributed by atoms with Gasteiger partial charge in [0, 0.05) is 6.42 Å². The number of aliphatic hydroxyl groups excluding tert-OH is 1. The van der Waals surface area contributed by atoms with Gasteiger partial charge in [0.05, 0.1) is 30.0 Å². The van der Waals surface area contributed by atoms with Crippen molar-refractivity contribution in [3.8, 4) is 0 Å². The summed E-state index contributed by atoms with van der Waals surface area (Å²) in [5.74, 6) is -1.76. The SMILES string of the molecule is C=CCCCC(Cc1ccccc1)C(=O)OCC(Cc1ccccc1)NC(=O)C(CC=C)CC(=O)NC1(CO)CCCC1. The van der Waals surface area contributed by atoms with Crippen LogP contribution in [0.25, 0.3) is 0 Å². The van der Waals surface area contributed by atoms with Gasteiger partial charge in [0.15, 0.2) is 0 Å². The summed E-state index contributed by atoms with van der Waals surface area (Å²) in [5, 5.41) is 16.0. The first-order valence-electron chi connectivity index (χ1n) is 15.6. The second-order valence-electron chi connectivity index (χ2n) is 11.8. The minimum absolute atomic E-state index is 0.0140. The largest absolute Gasteiger partial charge is 0.463 e. The zero-order chi connectivity index (χ0) is 30.9. The molecule has 7 heteroatoms. The molecule has 0 radical (unpaired) electrons. The summed E-state index contributed by atoms with van der Waals surface area (Å²) in [7, 11) is 0. The molecule has 3 unspecified atom stereocenters. The Bertz CT molecular complexity index is 1160. The fourth-order valence-corrected chi connectivity index (χ4v) is 5.81. The number of ether oxygens (including phenoxy) is 1. The molecule has 0 heterocycles. The van der Waals surface area contributed by atoms with Crippen LogP contribution in [0.15, 0.2) is 86.0 Å². The summed E-state index contributed by atoms with van der Waals surface area (Å²) < 4.78 is 5.87. The number of hydrogen-bond donors (Lipinski definition) is 3. The van der Waals surface area contributed by atoms with Gasteiger partial charge in [0.2, 0.25) is 11.8 Å². The fraction of sp³-hybridized carbons (Fsp3) is 0.472. The molecule has 232 valence electrons. The van der Waals surface area contributed by atoms with Gasteiger partial charge in [-0.25, -0.2) is 0 Å². The van der Waals surface area contributed by atoms with Crippen molar-refractivity contribution in [2.24, 2.45) is 11.8 Å². The zero-order valence-corrected chi connectivity index (χ0v) is 25.3. The first-order chi connectivity index (χ1) is 20.9. The Morgan fingerprint density at radius 1 is 0.907 bits per heavy atom. The van der Waals surface area contributed by atoms with E-state index < -0.39 is 17.5 Å². The van der Waals surface area contributed by atoms with Crippen LogP contribution in [0.4, 0.5) is 0 Å². The van der Waals surface area contributed by atoms with Crippen LogP contribution in [0.1, 0.15) is 68.9 Å². The fourth-order valence-electron chi connectivity index (χ4n) is 5.81. The quantitative estimate of drug-likeness (QED) is 0.115. The Morgan fingerprint density at radius 2 is 1.53 bits per heavy atom. The molecule has 0 spiro atoms. The number of esters is 1. The maximum Gasteiger partial charge on any atom is 0.309 e. The van der Waals surface area contributed by atoms with E-state index in [0.29, 0.717) is 25.7 Å². The lowest BCUT2D eigenvalue weighted by Crippen LogP contribution is -2.50. The van der Waals surface area contributed by atoms with Gasteiger partial charge in [-0.2, -0.15) is 0 Å². The first-order valence-corrected chi connectivity index (χ1v) is 15.6. The highest BCUT2D eigenvalue weighted by Gasteiger charge is 2.35. The Kier molecular flexibility index (Phi) is 14.2. The molecule has 43 heavy (non-hydrogen) atoms. The highest BCUT2D eigenvalue weighted by molar-refractivity contribution is 5.86. The summed E-state index contributed by atoms with van der Waals surface area (Å²) in [4.78, 5) is 39.8. The molecule has 3 rings (SSSR count). The van der Waals surface area contributed by atoms with Gasteiger partial charge in [-0.3, -0.25) is 14.4 Å². The molecule has 1 fully saturated rings. The maximum absolute atomic E-state index is 13.5. The van der Waals surface area contributed by atoms with Gasteiger partial charge in [0.1, 0.15) is 6.61 Å². The Morgan fingerprint density at radius 3 is 2.12 bits per heavy atom. The average molecular weight is 589 g/mol. The third-order valence-corrected chi connectivity index (χ3v) is 8.24. The zero-order valence-electron chi connectivity index (χ0n) is 25.3. The molecule has 1 aliphatic carbocycles. The standard InChI is InChI=1S/C36H48N2O5/c1-3-5-8-20-31(23-28-16-9-6-10-17-28)35(42)43-26-32(24-29-18-11-7-12-19-29)37-34(41)30(15-4-2)25-33(40)38-36(27-39)21-13-14-22-36/h3-4,6-7,9-12,16-19,30-32,39H,1-2,5,8,13-15,20-27H2,(H,37,41)(H,38,40). The van der Waals surface area contributed by atoms with E-state index in [-0.39, 0.29) is 43.3 Å². The summed E-state index contributed by atoms with van der Waals surface area (Å²) in [6.45, 7) is 7.49. The lowest BCUT2D eigenvalue weighted by molar-refractivity contribution is -0.150. The van der Waals surface area contributed by atoms with Crippen LogP contribution in [0.2, 0.25) is 0 Å². The molecule has 0 bridgehead atoms. The lowest BCUT2D eigenvalue weighted by atomic mass is 9.94. The summed E-state index contributed by atoms with van der Waals surface area (Å²) in [6.07, 6.45) is 10.6. The van der Waals surface area contributed by atoms with E-state index in [1.54, 1.807) is 6.08 Å². The normalized spacial score (nSPS) is 15.9. The molecule has 0 aromatic heterocycles. The van der Waals surface area contributed by atoms with Crippen molar-refractivity contribution in [3.05, 3.63) is 97.1 Å². The first kappa shape index (κ1) is 33.8. The number of nitrogens with one attached hydrogen (secondary N) is 2. The van der Waals surface area contributed by atoms with Gasteiger partial charge in [-0.1, -0.05) is 85.7 Å². The third kappa shape index (κ3) is 11.5. The van der Waals surface area contributed by atoms with E-state index in [1.165, 1.54) is 0 Å². The number of carbonyl (C=O) groups excluding carboxylic acids is 3. The summed E-state index contributed by atoms with van der Waals surface area (Å²) in [5.41, 5.74) is 1.47. The van der Waals surface area contributed by atoms with Crippen molar-refractivity contribution in [1.82, 2.24) is 10.6 Å². The number of allylic oxidation sites excluding steroid dienone is 2. The number of aliphatic hydroxyl groups is 1. The van der Waals surface area contributed by atoms with E-state index in [2.05, 4.69) is 23.8 Å². The molecule has 2 aromatic rings. The van der Waals surface area contributed by atoms with E-state index in [0.717, 1.165) is 49.7 Å². The summed E-state index contributed by atoms with van der Waals surface area (Å²) in [6, 6.07) is 19.2. The van der Waals surface area contributed by atoms with Crippen molar-refractivity contribution in [2.45, 2.75) is 82.2 Å². The number of rotatable bonds is 19. The Labute approximate surface area is 256 Å². The van der Waals surface area contributed by atoms with Gasteiger partial charge < -0.3 is 20.5 Å². The minimum atomic E-state index is -0.631. The van der Waals surface area contributed by atoms with Crippen molar-refractivity contribution in [1.29, 1.82) is 0 Å². The lowest BCUT2D eigenvalue weighted by Gasteiger charge is -2.29. The van der Waals surface area contributed by atoms with Crippen LogP contribution in [-0.2, 0) is 32.0 Å². The second kappa shape index (κ2) is 18.1. The monoisotopic (exact) mass is 588 g/mol. The summed E-state index contributed by atoms with van der Waals surface area (Å²) >= 11 is 0. The Balaban J connectivity index is 1.68. The predicted octanol–water partition coefficient (Wildman–Crippen LogP) is 5.48. The van der Waals surface area contributed by atoms with Crippen molar-refractivity contribution >= 4 is 17.8 Å². The van der Waals surface area contributed by atoms with E-state index in [9.17, 15) is 19.5 Å². The predicted molar refractivity (Wildman–Crippen MR) is 170 cm³/mol. The van der Waals surface area contributed by atoms with Crippen LogP contribution >= 0.6 is 0 Å².